The lowest BCUT2D eigenvalue weighted by atomic mass is 9.99. The number of hydrogen-bond donors (Lipinski definition) is 1. The second-order valence-electron chi connectivity index (χ2n) is 9.22. The first-order valence-electron chi connectivity index (χ1n) is 11.8. The minimum atomic E-state index is -3.95. The van der Waals surface area contributed by atoms with Crippen LogP contribution < -0.4 is 5.73 Å². The number of nitrogen functional groups attached to an aromatic ring is 1. The highest BCUT2D eigenvalue weighted by atomic mass is 32.2. The largest absolute Gasteiger partial charge is 0.384 e. The third-order valence-corrected chi connectivity index (χ3v) is 7.84. The highest BCUT2D eigenvalue weighted by Crippen LogP contribution is 2.27. The lowest BCUT2D eigenvalue weighted by molar-refractivity contribution is 0.101. The lowest BCUT2D eigenvalue weighted by Gasteiger charge is -2.16. The first kappa shape index (κ1) is 24.7. The van der Waals surface area contributed by atoms with E-state index in [4.69, 9.17) is 5.73 Å². The van der Waals surface area contributed by atoms with Crippen LogP contribution in [0.4, 0.5) is 5.82 Å². The van der Waals surface area contributed by atoms with Crippen molar-refractivity contribution in [2.75, 3.05) is 11.5 Å². The summed E-state index contributed by atoms with van der Waals surface area (Å²) in [7, 11) is -3.95. The Kier molecular flexibility index (Phi) is 6.81. The van der Waals surface area contributed by atoms with Crippen LogP contribution >= 0.6 is 0 Å². The molecule has 0 saturated carbocycles. The Labute approximate surface area is 206 Å². The third-order valence-electron chi connectivity index (χ3n) is 6.33. The van der Waals surface area contributed by atoms with Gasteiger partial charge in [-0.1, -0.05) is 43.2 Å². The number of nitrogens with two attached hydrogens (primary N) is 1. The molecule has 0 fully saturated rings. The smallest absolute Gasteiger partial charge is 0.203 e. The average molecular weight is 490 g/mol. The van der Waals surface area contributed by atoms with E-state index in [1.54, 1.807) is 0 Å². The zero-order valence-electron chi connectivity index (χ0n) is 20.6. The van der Waals surface area contributed by atoms with E-state index < -0.39 is 21.4 Å². The van der Waals surface area contributed by atoms with Crippen LogP contribution in [0, 0.1) is 20.8 Å². The number of anilines is 1. The molecule has 0 atom stereocenters. The van der Waals surface area contributed by atoms with E-state index in [2.05, 4.69) is 56.9 Å². The first-order chi connectivity index (χ1) is 16.6. The second kappa shape index (κ2) is 9.66. The number of ketones is 1. The van der Waals surface area contributed by atoms with Crippen LogP contribution in [0.3, 0.4) is 0 Å². The predicted octanol–water partition coefficient (Wildman–Crippen LogP) is 5.20. The highest BCUT2D eigenvalue weighted by molar-refractivity contribution is 7.92. The van der Waals surface area contributed by atoms with Crippen LogP contribution in [0.25, 0.3) is 10.9 Å². The van der Waals surface area contributed by atoms with Gasteiger partial charge in [0.05, 0.1) is 5.69 Å². The van der Waals surface area contributed by atoms with Crippen molar-refractivity contribution in [2.45, 2.75) is 52.1 Å². The van der Waals surface area contributed by atoms with Gasteiger partial charge in [-0.3, -0.25) is 4.79 Å². The molecule has 0 amide bonds. The van der Waals surface area contributed by atoms with Crippen molar-refractivity contribution < 1.29 is 13.2 Å². The number of benzene rings is 2. The van der Waals surface area contributed by atoms with Crippen LogP contribution in [-0.2, 0) is 22.8 Å². The molecule has 2 N–H and O–H groups in total. The minimum Gasteiger partial charge on any atom is -0.384 e. The van der Waals surface area contributed by atoms with Gasteiger partial charge in [0, 0.05) is 17.4 Å². The van der Waals surface area contributed by atoms with Crippen LogP contribution in [-0.4, -0.2) is 29.5 Å². The molecule has 2 aromatic heterocycles. The van der Waals surface area contributed by atoms with Crippen molar-refractivity contribution in [3.8, 4) is 0 Å². The molecule has 0 radical (unpaired) electrons. The summed E-state index contributed by atoms with van der Waals surface area (Å²) in [6, 6.07) is 16.7. The number of aryl methyl sites for hydroxylation is 4. The van der Waals surface area contributed by atoms with Crippen LogP contribution in [0.5, 0.6) is 0 Å². The Balaban J connectivity index is 1.81. The molecule has 4 aromatic rings. The van der Waals surface area contributed by atoms with Crippen molar-refractivity contribution in [3.05, 3.63) is 88.1 Å². The molecule has 7 heteroatoms. The van der Waals surface area contributed by atoms with Crippen molar-refractivity contribution >= 4 is 32.3 Å². The van der Waals surface area contributed by atoms with Crippen molar-refractivity contribution in [1.82, 2.24) is 9.55 Å². The van der Waals surface area contributed by atoms with E-state index in [-0.39, 0.29) is 10.8 Å². The number of carbonyl (C=O) groups is 1. The molecule has 0 aliphatic carbocycles. The molecule has 0 unspecified atom stereocenters. The molecule has 182 valence electrons. The zero-order chi connectivity index (χ0) is 25.3. The molecular formula is C28H31N3O3S. The fourth-order valence-electron chi connectivity index (χ4n) is 4.71. The second-order valence-corrected chi connectivity index (χ2v) is 11.2. The normalized spacial score (nSPS) is 11.8. The third kappa shape index (κ3) is 5.15. The Morgan fingerprint density at radius 1 is 1.00 bits per heavy atom. The molecule has 0 aliphatic heterocycles. The van der Waals surface area contributed by atoms with Crippen LogP contribution in [0.15, 0.2) is 59.6 Å². The standard InChI is InChI=1S/C28H31N3O3S/c1-5-7-21-10-11-24-22(14-21)15-25(31(24)16-23-19(3)12-18(2)13-20(23)4)26(32)17-35(33,34)28-9-6-8-27(29)30-28/h6,8-15H,5,7,16-17H2,1-4H3,(H2,29,30). The van der Waals surface area contributed by atoms with E-state index in [0.29, 0.717) is 12.2 Å². The van der Waals surface area contributed by atoms with E-state index in [9.17, 15) is 13.2 Å². The summed E-state index contributed by atoms with van der Waals surface area (Å²) < 4.78 is 27.9. The highest BCUT2D eigenvalue weighted by Gasteiger charge is 2.25. The number of pyridine rings is 1. The number of aromatic nitrogens is 2. The maximum atomic E-state index is 13.5. The van der Waals surface area contributed by atoms with Gasteiger partial charge in [-0.05, 0) is 79.8 Å². The lowest BCUT2D eigenvalue weighted by Crippen LogP contribution is -2.21. The molecule has 4 rings (SSSR count). The van der Waals surface area contributed by atoms with Gasteiger partial charge in [-0.2, -0.15) is 0 Å². The summed E-state index contributed by atoms with van der Waals surface area (Å²) in [6.45, 7) is 8.80. The SMILES string of the molecule is CCCc1ccc2c(c1)cc(C(=O)CS(=O)(=O)c1cccc(N)n1)n2Cc1c(C)cc(C)cc1C. The molecule has 0 aliphatic rings. The van der Waals surface area contributed by atoms with Gasteiger partial charge in [0.15, 0.2) is 10.8 Å². The summed E-state index contributed by atoms with van der Waals surface area (Å²) in [5.74, 6) is -1.04. The number of sulfone groups is 1. The number of Topliss-reactive ketones (excluding diaryl/α,β-unsaturated/α-hetero) is 1. The minimum absolute atomic E-state index is 0.0985. The van der Waals surface area contributed by atoms with Gasteiger partial charge in [0.1, 0.15) is 11.6 Å². The maximum absolute atomic E-state index is 13.5. The molecule has 2 heterocycles. The number of fused-ring (bicyclic) bond motifs is 1. The average Bonchev–Trinajstić information content (AvgIpc) is 3.14. The first-order valence-corrected chi connectivity index (χ1v) is 13.4. The van der Waals surface area contributed by atoms with Gasteiger partial charge < -0.3 is 10.3 Å². The van der Waals surface area contributed by atoms with Gasteiger partial charge in [-0.15, -0.1) is 0 Å². The summed E-state index contributed by atoms with van der Waals surface area (Å²) >= 11 is 0. The molecule has 2 aromatic carbocycles. The number of hydrogen-bond acceptors (Lipinski definition) is 5. The summed E-state index contributed by atoms with van der Waals surface area (Å²) in [4.78, 5) is 17.4. The van der Waals surface area contributed by atoms with E-state index >= 15 is 0 Å². The zero-order valence-corrected chi connectivity index (χ0v) is 21.4. The monoisotopic (exact) mass is 489 g/mol. The number of carbonyl (C=O) groups excluding carboxylic acids is 1. The van der Waals surface area contributed by atoms with Gasteiger partial charge >= 0.3 is 0 Å². The molecule has 0 spiro atoms. The van der Waals surface area contributed by atoms with Crippen LogP contribution in [0.2, 0.25) is 0 Å². The van der Waals surface area contributed by atoms with E-state index in [1.165, 1.54) is 29.3 Å². The maximum Gasteiger partial charge on any atom is 0.203 e. The molecule has 0 saturated heterocycles. The summed E-state index contributed by atoms with van der Waals surface area (Å²) in [5, 5.41) is 0.741. The topological polar surface area (TPSA) is 95.1 Å². The fraction of sp³-hybridized carbons (Fsp3) is 0.286. The number of rotatable bonds is 8. The molecule has 6 nitrogen and oxygen atoms in total. The Bertz CT molecular complexity index is 1510. The number of nitrogens with zero attached hydrogens (tertiary/aromatic N) is 2. The van der Waals surface area contributed by atoms with Crippen molar-refractivity contribution in [3.63, 3.8) is 0 Å². The van der Waals surface area contributed by atoms with Crippen molar-refractivity contribution in [2.24, 2.45) is 0 Å². The van der Waals surface area contributed by atoms with Crippen molar-refractivity contribution in [1.29, 1.82) is 0 Å². The van der Waals surface area contributed by atoms with Crippen LogP contribution in [0.1, 0.15) is 51.7 Å². The summed E-state index contributed by atoms with van der Waals surface area (Å²) in [6.07, 6.45) is 1.96. The Hall–Kier alpha value is -3.45. The summed E-state index contributed by atoms with van der Waals surface area (Å²) in [5.41, 5.74) is 12.7. The molecule has 35 heavy (non-hydrogen) atoms. The quantitative estimate of drug-likeness (QED) is 0.343. The Morgan fingerprint density at radius 3 is 2.37 bits per heavy atom. The van der Waals surface area contributed by atoms with Gasteiger partial charge in [-0.25, -0.2) is 13.4 Å². The molecular weight excluding hydrogens is 458 g/mol. The Morgan fingerprint density at radius 2 is 1.71 bits per heavy atom. The van der Waals surface area contributed by atoms with Gasteiger partial charge in [0.25, 0.3) is 0 Å². The van der Waals surface area contributed by atoms with E-state index in [1.807, 2.05) is 16.7 Å². The molecule has 0 bridgehead atoms. The van der Waals surface area contributed by atoms with E-state index in [0.717, 1.165) is 40.4 Å². The fourth-order valence-corrected chi connectivity index (χ4v) is 5.88. The predicted molar refractivity (Wildman–Crippen MR) is 141 cm³/mol. The van der Waals surface area contributed by atoms with Gasteiger partial charge in [0.2, 0.25) is 9.84 Å².